The first kappa shape index (κ1) is 19.3. The number of hydrogen-bond acceptors (Lipinski definition) is 5. The molecule has 0 bridgehead atoms. The maximum atomic E-state index is 12.7. The molecule has 7 nitrogen and oxygen atoms in total. The molecule has 148 valence electrons. The van der Waals surface area contributed by atoms with Gasteiger partial charge >= 0.3 is 6.03 Å². The lowest BCUT2D eigenvalue weighted by molar-refractivity contribution is -0.126. The smallest absolute Gasteiger partial charge is 0.324 e. The molecule has 28 heavy (non-hydrogen) atoms. The molecule has 0 spiro atoms. The lowest BCUT2D eigenvalue weighted by Crippen LogP contribution is -2.39. The summed E-state index contributed by atoms with van der Waals surface area (Å²) < 4.78 is 2.13. The van der Waals surface area contributed by atoms with E-state index in [0.29, 0.717) is 29.3 Å². The lowest BCUT2D eigenvalue weighted by Gasteiger charge is -2.20. The Balaban J connectivity index is 1.64. The summed E-state index contributed by atoms with van der Waals surface area (Å²) in [5.74, 6) is 0.527. The predicted octanol–water partition coefficient (Wildman–Crippen LogP) is 3.75. The minimum atomic E-state index is -0.438. The first-order chi connectivity index (χ1) is 13.6. The number of amides is 3. The van der Waals surface area contributed by atoms with Crippen LogP contribution in [0.4, 0.5) is 4.79 Å². The van der Waals surface area contributed by atoms with E-state index in [-0.39, 0.29) is 11.9 Å². The van der Waals surface area contributed by atoms with Crippen molar-refractivity contribution in [1.82, 2.24) is 25.0 Å². The molecule has 1 unspecified atom stereocenters. The molecule has 4 rings (SSSR count). The van der Waals surface area contributed by atoms with Crippen molar-refractivity contribution in [2.24, 2.45) is 0 Å². The Morgan fingerprint density at radius 3 is 2.71 bits per heavy atom. The van der Waals surface area contributed by atoms with E-state index in [2.05, 4.69) is 20.1 Å². The van der Waals surface area contributed by atoms with Crippen LogP contribution in [-0.2, 0) is 4.79 Å². The molecule has 1 aromatic heterocycles. The second-order valence-electron chi connectivity index (χ2n) is 7.08. The van der Waals surface area contributed by atoms with Crippen molar-refractivity contribution in [3.63, 3.8) is 0 Å². The molecule has 3 amide bonds. The van der Waals surface area contributed by atoms with Gasteiger partial charge in [-0.2, -0.15) is 0 Å². The molecular weight excluding hydrogens is 398 g/mol. The van der Waals surface area contributed by atoms with E-state index in [4.69, 9.17) is 11.6 Å². The molecule has 1 aliphatic heterocycles. The van der Waals surface area contributed by atoms with Gasteiger partial charge in [0.05, 0.1) is 10.3 Å². The van der Waals surface area contributed by atoms with Crippen LogP contribution in [0.15, 0.2) is 29.4 Å². The fourth-order valence-corrected chi connectivity index (χ4v) is 4.99. The molecule has 1 N–H and O–H groups in total. The first-order valence-electron chi connectivity index (χ1n) is 9.52. The van der Waals surface area contributed by atoms with Crippen molar-refractivity contribution in [3.05, 3.63) is 29.3 Å². The quantitative estimate of drug-likeness (QED) is 0.746. The number of urea groups is 1. The first-order valence-corrected chi connectivity index (χ1v) is 10.8. The van der Waals surface area contributed by atoms with Gasteiger partial charge in [0, 0.05) is 24.7 Å². The van der Waals surface area contributed by atoms with Gasteiger partial charge in [0.1, 0.15) is 0 Å². The molecule has 1 aliphatic carbocycles. The largest absolute Gasteiger partial charge is 0.336 e. The molecule has 1 saturated carbocycles. The number of halogens is 1. The molecule has 1 aromatic carbocycles. The molecule has 1 saturated heterocycles. The van der Waals surface area contributed by atoms with E-state index < -0.39 is 5.25 Å². The highest BCUT2D eigenvalue weighted by Crippen LogP contribution is 2.39. The number of nitrogens with one attached hydrogen (secondary N) is 1. The zero-order valence-corrected chi connectivity index (χ0v) is 17.2. The topological polar surface area (TPSA) is 80.1 Å². The summed E-state index contributed by atoms with van der Waals surface area (Å²) >= 11 is 7.76. The van der Waals surface area contributed by atoms with Crippen molar-refractivity contribution >= 4 is 35.3 Å². The molecule has 2 aliphatic rings. The second-order valence-corrected chi connectivity index (χ2v) is 8.79. The maximum Gasteiger partial charge on any atom is 0.324 e. The number of nitrogens with zero attached hydrogens (tertiary/aromatic N) is 4. The summed E-state index contributed by atoms with van der Waals surface area (Å²) in [4.78, 5) is 25.8. The Bertz CT molecular complexity index is 896. The van der Waals surface area contributed by atoms with Crippen molar-refractivity contribution in [3.8, 4) is 11.4 Å². The highest BCUT2D eigenvalue weighted by molar-refractivity contribution is 8.00. The highest BCUT2D eigenvalue weighted by atomic mass is 35.5. The van der Waals surface area contributed by atoms with E-state index in [1.165, 1.54) is 16.7 Å². The number of imide groups is 1. The third kappa shape index (κ3) is 3.63. The third-order valence-corrected chi connectivity index (χ3v) is 6.60. The van der Waals surface area contributed by atoms with Crippen molar-refractivity contribution in [2.75, 3.05) is 13.1 Å². The van der Waals surface area contributed by atoms with Crippen LogP contribution in [0.3, 0.4) is 0 Å². The van der Waals surface area contributed by atoms with Gasteiger partial charge in [-0.05, 0) is 31.9 Å². The number of benzene rings is 1. The summed E-state index contributed by atoms with van der Waals surface area (Å²) in [7, 11) is 0. The van der Waals surface area contributed by atoms with Crippen LogP contribution >= 0.6 is 23.4 Å². The van der Waals surface area contributed by atoms with Crippen LogP contribution in [0, 0.1) is 0 Å². The fraction of sp³-hybridized carbons (Fsp3) is 0.474. The Labute approximate surface area is 172 Å². The van der Waals surface area contributed by atoms with Crippen LogP contribution in [0.1, 0.15) is 38.6 Å². The average Bonchev–Trinajstić information content (AvgIpc) is 3.42. The number of hydrogen-bond donors (Lipinski definition) is 1. The van der Waals surface area contributed by atoms with Crippen LogP contribution in [0.2, 0.25) is 5.02 Å². The summed E-state index contributed by atoms with van der Waals surface area (Å²) in [6.07, 6.45) is 4.44. The molecule has 0 radical (unpaired) electrons. The summed E-state index contributed by atoms with van der Waals surface area (Å²) in [5.41, 5.74) is 0.841. The van der Waals surface area contributed by atoms with Gasteiger partial charge in [0.2, 0.25) is 5.91 Å². The van der Waals surface area contributed by atoms with Gasteiger partial charge in [0.15, 0.2) is 11.0 Å². The van der Waals surface area contributed by atoms with Gasteiger partial charge in [0.25, 0.3) is 0 Å². The van der Waals surface area contributed by atoms with Crippen LogP contribution in [-0.4, -0.2) is 49.9 Å². The van der Waals surface area contributed by atoms with Gasteiger partial charge in [-0.3, -0.25) is 14.3 Å². The SMILES string of the molecule is CC(Sc1nnc(-c2ccccc2Cl)n1C1CCCC1)C(=O)N1CCNC1=O. The van der Waals surface area contributed by atoms with Crippen molar-refractivity contribution in [1.29, 1.82) is 0 Å². The van der Waals surface area contributed by atoms with Gasteiger partial charge < -0.3 is 5.32 Å². The normalized spacial score (nSPS) is 18.5. The zero-order valence-electron chi connectivity index (χ0n) is 15.6. The van der Waals surface area contributed by atoms with E-state index in [1.54, 1.807) is 6.92 Å². The van der Waals surface area contributed by atoms with Gasteiger partial charge in [-0.15, -0.1) is 10.2 Å². The number of thioether (sulfide) groups is 1. The zero-order chi connectivity index (χ0) is 19.7. The number of carbonyl (C=O) groups excluding carboxylic acids is 2. The Morgan fingerprint density at radius 1 is 1.29 bits per heavy atom. The Morgan fingerprint density at radius 2 is 2.04 bits per heavy atom. The van der Waals surface area contributed by atoms with E-state index in [0.717, 1.165) is 37.1 Å². The fourth-order valence-electron chi connectivity index (χ4n) is 3.79. The van der Waals surface area contributed by atoms with E-state index >= 15 is 0 Å². The predicted molar refractivity (Wildman–Crippen MR) is 108 cm³/mol. The van der Waals surface area contributed by atoms with Gasteiger partial charge in [-0.1, -0.05) is 48.3 Å². The summed E-state index contributed by atoms with van der Waals surface area (Å²) in [6.45, 7) is 2.71. The number of rotatable bonds is 5. The Kier molecular flexibility index (Phi) is 5.59. The van der Waals surface area contributed by atoms with Crippen LogP contribution in [0.25, 0.3) is 11.4 Å². The second kappa shape index (κ2) is 8.13. The van der Waals surface area contributed by atoms with E-state index in [1.807, 2.05) is 24.3 Å². The molecule has 2 fully saturated rings. The minimum Gasteiger partial charge on any atom is -0.336 e. The molecule has 2 aromatic rings. The lowest BCUT2D eigenvalue weighted by atomic mass is 10.2. The molecule has 9 heteroatoms. The Hall–Kier alpha value is -2.06. The summed E-state index contributed by atoms with van der Waals surface area (Å²) in [6, 6.07) is 7.57. The number of aromatic nitrogens is 3. The summed E-state index contributed by atoms with van der Waals surface area (Å²) in [5, 5.41) is 12.4. The molecule has 2 heterocycles. The van der Waals surface area contributed by atoms with Crippen LogP contribution in [0.5, 0.6) is 0 Å². The van der Waals surface area contributed by atoms with Crippen molar-refractivity contribution in [2.45, 2.75) is 49.1 Å². The maximum absolute atomic E-state index is 12.7. The standard InChI is InChI=1S/C19H22ClN5O2S/c1-12(17(26)24-11-10-21-18(24)27)28-19-23-22-16(14-8-4-5-9-15(14)20)25(19)13-6-2-3-7-13/h4-5,8-9,12-13H,2-3,6-7,10-11H2,1H3,(H,21,27). The number of carbonyl (C=O) groups is 2. The monoisotopic (exact) mass is 419 g/mol. The highest BCUT2D eigenvalue weighted by Gasteiger charge is 2.32. The van der Waals surface area contributed by atoms with Crippen molar-refractivity contribution < 1.29 is 9.59 Å². The third-order valence-electron chi connectivity index (χ3n) is 5.22. The van der Waals surface area contributed by atoms with E-state index in [9.17, 15) is 9.59 Å². The minimum absolute atomic E-state index is 0.208. The van der Waals surface area contributed by atoms with Crippen LogP contribution < -0.4 is 5.32 Å². The molecule has 1 atom stereocenters. The average molecular weight is 420 g/mol. The van der Waals surface area contributed by atoms with Gasteiger partial charge in [-0.25, -0.2) is 4.79 Å². The molecular formula is C19H22ClN5O2S.